The fourth-order valence-electron chi connectivity index (χ4n) is 3.74. The lowest BCUT2D eigenvalue weighted by molar-refractivity contribution is 0.198. The van der Waals surface area contributed by atoms with E-state index >= 15 is 0 Å². The van der Waals surface area contributed by atoms with Gasteiger partial charge in [-0.25, -0.2) is 4.39 Å². The average molecular weight is 395 g/mol. The zero-order valence-corrected chi connectivity index (χ0v) is 17.3. The molecule has 0 amide bonds. The number of hydrogen-bond donors (Lipinski definition) is 2. The van der Waals surface area contributed by atoms with E-state index in [1.807, 2.05) is 33.8 Å². The molecule has 2 N–H and O–H groups in total. The molecule has 1 unspecified atom stereocenters. The van der Waals surface area contributed by atoms with Crippen molar-refractivity contribution in [3.8, 4) is 22.8 Å². The first-order valence-electron chi connectivity index (χ1n) is 9.96. The third-order valence-electron chi connectivity index (χ3n) is 4.92. The molecule has 2 aromatic carbocycles. The molecule has 0 bridgehead atoms. The highest BCUT2D eigenvalue weighted by molar-refractivity contribution is 5.83. The van der Waals surface area contributed by atoms with Crippen LogP contribution in [-0.4, -0.2) is 22.4 Å². The molecule has 1 heterocycles. The van der Waals surface area contributed by atoms with Crippen molar-refractivity contribution in [2.24, 2.45) is 0 Å². The number of nitrogens with zero attached hydrogens (tertiary/aromatic N) is 1. The Balaban J connectivity index is 1.73. The molecule has 6 heteroatoms. The first kappa shape index (κ1) is 19.3. The summed E-state index contributed by atoms with van der Waals surface area (Å²) < 4.78 is 25.3. The number of aromatic nitrogens is 2. The van der Waals surface area contributed by atoms with Gasteiger partial charge >= 0.3 is 0 Å². The maximum atomic E-state index is 13.2. The largest absolute Gasteiger partial charge is 0.487 e. The van der Waals surface area contributed by atoms with Crippen LogP contribution in [0, 0.1) is 5.82 Å². The molecule has 1 aliphatic carbocycles. The second kappa shape index (κ2) is 7.43. The van der Waals surface area contributed by atoms with Crippen molar-refractivity contribution in [2.45, 2.75) is 52.7 Å². The number of ether oxygens (including phenoxy) is 2. The monoisotopic (exact) mass is 395 g/mol. The van der Waals surface area contributed by atoms with Crippen LogP contribution in [-0.2, 0) is 0 Å². The van der Waals surface area contributed by atoms with Crippen LogP contribution in [0.2, 0.25) is 0 Å². The minimum absolute atomic E-state index is 0.0401. The Hall–Kier alpha value is -3.02. The molecule has 1 aliphatic rings. The fraction of sp³-hybridized carbons (Fsp3) is 0.348. The number of hydrogen-bond acceptors (Lipinski definition) is 4. The Labute approximate surface area is 170 Å². The van der Waals surface area contributed by atoms with Crippen LogP contribution < -0.4 is 14.8 Å². The van der Waals surface area contributed by atoms with E-state index in [1.165, 1.54) is 17.7 Å². The van der Waals surface area contributed by atoms with Crippen LogP contribution in [0.3, 0.4) is 0 Å². The minimum atomic E-state index is -0.265. The SMILES string of the molecule is CC(C)Oc1cc2c(cc1OC(C)C)C(C)c1c(Nc3ccc(F)cc3)n[nH]c1-2. The average Bonchev–Trinajstić information content (AvgIpc) is 3.17. The lowest BCUT2D eigenvalue weighted by atomic mass is 9.99. The summed E-state index contributed by atoms with van der Waals surface area (Å²) >= 11 is 0. The number of anilines is 2. The standard InChI is InChI=1S/C23H26FN3O2/c1-12(2)28-19-10-17-14(5)21-22(18(17)11-20(19)29-13(3)4)26-27-23(21)25-16-8-6-15(24)7-9-16/h6-14H,1-5H3,(H2,25,26,27). The van der Waals surface area contributed by atoms with Crippen LogP contribution >= 0.6 is 0 Å². The molecule has 0 saturated heterocycles. The Morgan fingerprint density at radius 2 is 1.62 bits per heavy atom. The van der Waals surface area contributed by atoms with E-state index in [0.717, 1.165) is 39.8 Å². The first-order chi connectivity index (χ1) is 13.8. The quantitative estimate of drug-likeness (QED) is 0.537. The van der Waals surface area contributed by atoms with E-state index in [0.29, 0.717) is 0 Å². The summed E-state index contributed by atoms with van der Waals surface area (Å²) in [5, 5.41) is 10.9. The lowest BCUT2D eigenvalue weighted by Crippen LogP contribution is -2.11. The molecular formula is C23H26FN3O2. The van der Waals surface area contributed by atoms with Crippen molar-refractivity contribution in [1.29, 1.82) is 0 Å². The summed E-state index contributed by atoms with van der Waals surface area (Å²) in [6.07, 6.45) is 0.0906. The number of halogens is 1. The summed E-state index contributed by atoms with van der Waals surface area (Å²) in [7, 11) is 0. The smallest absolute Gasteiger partial charge is 0.162 e. The van der Waals surface area contributed by atoms with Gasteiger partial charge in [0.1, 0.15) is 5.82 Å². The second-order valence-corrected chi connectivity index (χ2v) is 7.93. The maximum absolute atomic E-state index is 13.2. The topological polar surface area (TPSA) is 59.2 Å². The van der Waals surface area contributed by atoms with E-state index in [1.54, 1.807) is 12.1 Å². The van der Waals surface area contributed by atoms with Gasteiger partial charge < -0.3 is 14.8 Å². The van der Waals surface area contributed by atoms with Crippen LogP contribution in [0.4, 0.5) is 15.9 Å². The van der Waals surface area contributed by atoms with Gasteiger partial charge in [-0.05, 0) is 69.7 Å². The van der Waals surface area contributed by atoms with Gasteiger partial charge in [0, 0.05) is 22.7 Å². The summed E-state index contributed by atoms with van der Waals surface area (Å²) in [4.78, 5) is 0. The highest BCUT2D eigenvalue weighted by Gasteiger charge is 2.33. The van der Waals surface area contributed by atoms with Gasteiger partial charge in [0.2, 0.25) is 0 Å². The Kier molecular flexibility index (Phi) is 4.94. The minimum Gasteiger partial charge on any atom is -0.487 e. The summed E-state index contributed by atoms with van der Waals surface area (Å²) in [6, 6.07) is 10.4. The Bertz CT molecular complexity index is 1030. The van der Waals surface area contributed by atoms with Gasteiger partial charge in [-0.1, -0.05) is 6.92 Å². The van der Waals surface area contributed by atoms with E-state index in [9.17, 15) is 4.39 Å². The van der Waals surface area contributed by atoms with E-state index in [-0.39, 0.29) is 23.9 Å². The molecule has 0 radical (unpaired) electrons. The molecular weight excluding hydrogens is 369 g/mol. The zero-order chi connectivity index (χ0) is 20.7. The van der Waals surface area contributed by atoms with Crippen LogP contribution in [0.5, 0.6) is 11.5 Å². The zero-order valence-electron chi connectivity index (χ0n) is 17.3. The molecule has 29 heavy (non-hydrogen) atoms. The molecule has 0 spiro atoms. The molecule has 0 saturated carbocycles. The predicted octanol–water partition coefficient (Wildman–Crippen LogP) is 6.00. The van der Waals surface area contributed by atoms with Crippen molar-refractivity contribution in [3.05, 3.63) is 53.3 Å². The van der Waals surface area contributed by atoms with Gasteiger partial charge in [-0.3, -0.25) is 5.10 Å². The van der Waals surface area contributed by atoms with Crippen molar-refractivity contribution in [1.82, 2.24) is 10.2 Å². The number of benzene rings is 2. The van der Waals surface area contributed by atoms with Gasteiger partial charge in [-0.15, -0.1) is 0 Å². The van der Waals surface area contributed by atoms with Crippen molar-refractivity contribution in [3.63, 3.8) is 0 Å². The molecule has 4 rings (SSSR count). The van der Waals surface area contributed by atoms with Crippen molar-refractivity contribution < 1.29 is 13.9 Å². The molecule has 0 fully saturated rings. The second-order valence-electron chi connectivity index (χ2n) is 7.93. The molecule has 1 aromatic heterocycles. The van der Waals surface area contributed by atoms with Crippen LogP contribution in [0.15, 0.2) is 36.4 Å². The predicted molar refractivity (Wildman–Crippen MR) is 113 cm³/mol. The van der Waals surface area contributed by atoms with Crippen molar-refractivity contribution >= 4 is 11.5 Å². The lowest BCUT2D eigenvalue weighted by Gasteiger charge is -2.19. The third-order valence-corrected chi connectivity index (χ3v) is 4.92. The van der Waals surface area contributed by atoms with Crippen molar-refractivity contribution in [2.75, 3.05) is 5.32 Å². The number of aromatic amines is 1. The number of rotatable bonds is 6. The van der Waals surface area contributed by atoms with E-state index in [2.05, 4.69) is 28.5 Å². The highest BCUT2D eigenvalue weighted by atomic mass is 19.1. The molecule has 0 aliphatic heterocycles. The fourth-order valence-corrected chi connectivity index (χ4v) is 3.74. The number of H-pyrrole nitrogens is 1. The van der Waals surface area contributed by atoms with Gasteiger partial charge in [0.15, 0.2) is 17.3 Å². The number of nitrogens with one attached hydrogen (secondary N) is 2. The molecule has 3 aromatic rings. The Morgan fingerprint density at radius 3 is 2.24 bits per heavy atom. The molecule has 1 atom stereocenters. The maximum Gasteiger partial charge on any atom is 0.162 e. The Morgan fingerprint density at radius 1 is 1.00 bits per heavy atom. The van der Waals surface area contributed by atoms with Gasteiger partial charge in [-0.2, -0.15) is 5.10 Å². The number of fused-ring (bicyclic) bond motifs is 3. The normalized spacial score (nSPS) is 14.8. The third kappa shape index (κ3) is 3.67. The first-order valence-corrected chi connectivity index (χ1v) is 9.96. The van der Waals surface area contributed by atoms with E-state index < -0.39 is 0 Å². The summed E-state index contributed by atoms with van der Waals surface area (Å²) in [5.41, 5.74) is 5.08. The summed E-state index contributed by atoms with van der Waals surface area (Å²) in [6.45, 7) is 10.2. The van der Waals surface area contributed by atoms with Gasteiger partial charge in [0.25, 0.3) is 0 Å². The van der Waals surface area contributed by atoms with Gasteiger partial charge in [0.05, 0.1) is 17.9 Å². The molecule has 5 nitrogen and oxygen atoms in total. The van der Waals surface area contributed by atoms with Crippen LogP contribution in [0.25, 0.3) is 11.3 Å². The molecule has 152 valence electrons. The van der Waals surface area contributed by atoms with Crippen LogP contribution in [0.1, 0.15) is 51.7 Å². The van der Waals surface area contributed by atoms with E-state index in [4.69, 9.17) is 9.47 Å². The highest BCUT2D eigenvalue weighted by Crippen LogP contribution is 2.50. The summed E-state index contributed by atoms with van der Waals surface area (Å²) in [5.74, 6) is 2.09.